The molecule has 0 spiro atoms. The van der Waals surface area contributed by atoms with Crippen molar-refractivity contribution in [2.75, 3.05) is 19.8 Å². The average molecular weight is 1060 g/mol. The molecule has 404 valence electrons. The van der Waals surface area contributed by atoms with Gasteiger partial charge < -0.3 is 56.8 Å². The summed E-state index contributed by atoms with van der Waals surface area (Å²) in [5.41, 5.74) is -0.566. The number of esters is 3. The lowest BCUT2D eigenvalue weighted by molar-refractivity contribution is -0.137. The van der Waals surface area contributed by atoms with Gasteiger partial charge in [-0.25, -0.2) is 28.8 Å². The molecule has 6 aromatic rings. The SMILES string of the molecule is CC(C)(C)OC(=O)Oc1ccc(OC(=O)COc2ccc(C(C)(c3ccc(OCC(=O)Oc4ccc(OC(=O)OC(C)(C)C)cc4)cc3)c3ccc(OCC(=O)Oc4ccc(OC(=O)OC(C)(C)C)cc4)cc3)cc2)cc1. The van der Waals surface area contributed by atoms with Crippen molar-refractivity contribution in [3.05, 3.63) is 162 Å². The fourth-order valence-corrected chi connectivity index (χ4v) is 6.89. The normalized spacial score (nSPS) is 11.5. The summed E-state index contributed by atoms with van der Waals surface area (Å²) in [5, 5.41) is 0. The maximum absolute atomic E-state index is 12.8. The Morgan fingerprint density at radius 1 is 0.273 bits per heavy atom. The molecule has 6 rings (SSSR count). The van der Waals surface area contributed by atoms with E-state index in [9.17, 15) is 28.8 Å². The fraction of sp³-hybridized carbons (Fsp3) is 0.288. The zero-order chi connectivity index (χ0) is 56.0. The minimum Gasteiger partial charge on any atom is -0.482 e. The number of ether oxygens (including phenoxy) is 12. The van der Waals surface area contributed by atoms with E-state index < -0.39 is 78.4 Å². The van der Waals surface area contributed by atoms with Crippen LogP contribution >= 0.6 is 0 Å². The van der Waals surface area contributed by atoms with Gasteiger partial charge in [0.2, 0.25) is 0 Å². The molecule has 77 heavy (non-hydrogen) atoms. The largest absolute Gasteiger partial charge is 0.514 e. The molecule has 0 bridgehead atoms. The number of benzene rings is 6. The van der Waals surface area contributed by atoms with Crippen LogP contribution in [0.5, 0.6) is 51.7 Å². The van der Waals surface area contributed by atoms with Crippen LogP contribution in [0.4, 0.5) is 14.4 Å². The van der Waals surface area contributed by atoms with E-state index in [1.165, 1.54) is 72.8 Å². The Morgan fingerprint density at radius 3 is 0.649 bits per heavy atom. The number of hydrogen-bond acceptors (Lipinski definition) is 18. The van der Waals surface area contributed by atoms with Gasteiger partial charge in [0.1, 0.15) is 68.5 Å². The summed E-state index contributed by atoms with van der Waals surface area (Å²) in [5.74, 6) is 0.379. The van der Waals surface area contributed by atoms with E-state index in [-0.39, 0.29) is 34.5 Å². The topological polar surface area (TPSA) is 213 Å². The van der Waals surface area contributed by atoms with Crippen molar-refractivity contribution in [3.8, 4) is 51.7 Å². The Bertz CT molecular complexity index is 2640. The van der Waals surface area contributed by atoms with Gasteiger partial charge in [-0.3, -0.25) is 0 Å². The highest BCUT2D eigenvalue weighted by Gasteiger charge is 2.32. The summed E-state index contributed by atoms with van der Waals surface area (Å²) in [7, 11) is 0. The molecule has 0 unspecified atom stereocenters. The van der Waals surface area contributed by atoms with Crippen LogP contribution in [0.1, 0.15) is 85.9 Å². The third-order valence-electron chi connectivity index (χ3n) is 10.3. The molecule has 0 aromatic heterocycles. The van der Waals surface area contributed by atoms with Crippen molar-refractivity contribution in [1.29, 1.82) is 0 Å². The second-order valence-electron chi connectivity index (χ2n) is 20.1. The third kappa shape index (κ3) is 18.7. The minimum atomic E-state index is -0.865. The summed E-state index contributed by atoms with van der Waals surface area (Å²) >= 11 is 0. The van der Waals surface area contributed by atoms with Gasteiger partial charge >= 0.3 is 36.4 Å². The van der Waals surface area contributed by atoms with Gasteiger partial charge in [0, 0.05) is 5.41 Å². The Kier molecular flexibility index (Phi) is 18.6. The molecule has 0 saturated carbocycles. The molecule has 0 heterocycles. The van der Waals surface area contributed by atoms with Crippen LogP contribution in [0.15, 0.2) is 146 Å². The highest BCUT2D eigenvalue weighted by Crippen LogP contribution is 2.41. The molecule has 18 nitrogen and oxygen atoms in total. The molecule has 0 amide bonds. The molecule has 6 aromatic carbocycles. The molecule has 0 saturated heterocycles. The summed E-state index contributed by atoms with van der Waals surface area (Å²) < 4.78 is 64.6. The zero-order valence-corrected chi connectivity index (χ0v) is 44.3. The van der Waals surface area contributed by atoms with E-state index >= 15 is 0 Å². The van der Waals surface area contributed by atoms with E-state index in [2.05, 4.69) is 0 Å². The molecule has 0 aliphatic rings. The van der Waals surface area contributed by atoms with E-state index in [0.29, 0.717) is 17.2 Å². The van der Waals surface area contributed by atoms with Crippen LogP contribution in [0.2, 0.25) is 0 Å². The average Bonchev–Trinajstić information content (AvgIpc) is 3.35. The number of hydrogen-bond donors (Lipinski definition) is 0. The van der Waals surface area contributed by atoms with Crippen molar-refractivity contribution in [2.24, 2.45) is 0 Å². The van der Waals surface area contributed by atoms with Crippen molar-refractivity contribution >= 4 is 36.4 Å². The maximum atomic E-state index is 12.8. The highest BCUT2D eigenvalue weighted by molar-refractivity contribution is 5.75. The van der Waals surface area contributed by atoms with Crippen molar-refractivity contribution in [3.63, 3.8) is 0 Å². The zero-order valence-electron chi connectivity index (χ0n) is 44.3. The predicted octanol–water partition coefficient (Wildman–Crippen LogP) is 11.9. The van der Waals surface area contributed by atoms with Gasteiger partial charge in [0.05, 0.1) is 0 Å². The van der Waals surface area contributed by atoms with E-state index in [1.54, 1.807) is 98.7 Å². The smallest absolute Gasteiger partial charge is 0.482 e. The van der Waals surface area contributed by atoms with E-state index in [4.69, 9.17) is 56.8 Å². The fourth-order valence-electron chi connectivity index (χ4n) is 6.89. The highest BCUT2D eigenvalue weighted by atomic mass is 16.7. The van der Waals surface area contributed by atoms with Gasteiger partial charge in [-0.1, -0.05) is 36.4 Å². The van der Waals surface area contributed by atoms with Crippen LogP contribution in [0, 0.1) is 0 Å². The Hall–Kier alpha value is -9.06. The molecule has 0 radical (unpaired) electrons. The van der Waals surface area contributed by atoms with E-state index in [1.807, 2.05) is 43.3 Å². The first-order valence-electron chi connectivity index (χ1n) is 24.1. The van der Waals surface area contributed by atoms with Crippen LogP contribution < -0.4 is 42.6 Å². The minimum absolute atomic E-state index is 0.206. The summed E-state index contributed by atoms with van der Waals surface area (Å²) in [6.07, 6.45) is -2.60. The second kappa shape index (κ2) is 25.0. The predicted molar refractivity (Wildman–Crippen MR) is 278 cm³/mol. The molecule has 0 atom stereocenters. The van der Waals surface area contributed by atoms with Gasteiger partial charge in [0.25, 0.3) is 0 Å². The van der Waals surface area contributed by atoms with Crippen molar-refractivity contribution < 1.29 is 85.6 Å². The Morgan fingerprint density at radius 2 is 0.455 bits per heavy atom. The first kappa shape index (κ1) is 57.2. The lowest BCUT2D eigenvalue weighted by Crippen LogP contribution is -2.26. The van der Waals surface area contributed by atoms with Crippen LogP contribution in [0.3, 0.4) is 0 Å². The first-order chi connectivity index (χ1) is 36.3. The first-order valence-corrected chi connectivity index (χ1v) is 24.1. The molecule has 0 aliphatic carbocycles. The molecule has 0 N–H and O–H groups in total. The molecule has 0 fully saturated rings. The van der Waals surface area contributed by atoms with E-state index in [0.717, 1.165) is 16.7 Å². The van der Waals surface area contributed by atoms with Crippen LogP contribution in [-0.2, 0) is 34.0 Å². The summed E-state index contributed by atoms with van der Waals surface area (Å²) in [6.45, 7) is 16.2. The quantitative estimate of drug-likeness (QED) is 0.0257. The Labute approximate surface area is 445 Å². The third-order valence-corrected chi connectivity index (χ3v) is 10.3. The van der Waals surface area contributed by atoms with Crippen LogP contribution in [0.25, 0.3) is 0 Å². The van der Waals surface area contributed by atoms with Crippen molar-refractivity contribution in [2.45, 2.75) is 91.5 Å². The lowest BCUT2D eigenvalue weighted by atomic mass is 9.71. The number of rotatable bonds is 18. The second-order valence-corrected chi connectivity index (χ2v) is 20.1. The molecular formula is C59H60O18. The number of carbonyl (C=O) groups excluding carboxylic acids is 6. The molecular weight excluding hydrogens is 997 g/mol. The number of carbonyl (C=O) groups is 6. The lowest BCUT2D eigenvalue weighted by Gasteiger charge is -2.32. The van der Waals surface area contributed by atoms with Crippen LogP contribution in [-0.4, -0.2) is 73.0 Å². The van der Waals surface area contributed by atoms with Gasteiger partial charge in [0.15, 0.2) is 19.8 Å². The molecule has 0 aliphatic heterocycles. The summed E-state index contributed by atoms with van der Waals surface area (Å²) in [4.78, 5) is 74.4. The van der Waals surface area contributed by atoms with Crippen molar-refractivity contribution in [1.82, 2.24) is 0 Å². The Balaban J connectivity index is 1.10. The summed E-state index contributed by atoms with van der Waals surface area (Å²) in [6, 6.07) is 39.1. The maximum Gasteiger partial charge on any atom is 0.514 e. The monoisotopic (exact) mass is 1060 g/mol. The van der Waals surface area contributed by atoms with Gasteiger partial charge in [-0.15, -0.1) is 0 Å². The molecule has 18 heteroatoms. The van der Waals surface area contributed by atoms with Gasteiger partial charge in [-0.2, -0.15) is 0 Å². The van der Waals surface area contributed by atoms with Gasteiger partial charge in [-0.05, 0) is 195 Å². The standard InChI is InChI=1S/C59H60O18/c1-56(2,3)75-53(63)72-47-29-23-44(24-30-47)69-50(60)35-66-41-17-11-38(12-18-41)59(10,39-13-19-42(20-14-39)67-36-51(61)70-45-25-31-48(32-26-45)73-54(64)76-57(4,5)6)40-15-21-43(22-16-40)68-37-52(62)71-46-27-33-49(34-28-46)74-55(65)77-58(7,8)9/h11-34H,35-37H2,1-10H3.